The van der Waals surface area contributed by atoms with Gasteiger partial charge >= 0.3 is 0 Å². The molecule has 0 unspecified atom stereocenters. The maximum absolute atomic E-state index is 12.4. The van der Waals surface area contributed by atoms with E-state index >= 15 is 0 Å². The number of nitrogens with one attached hydrogen (secondary N) is 1. The van der Waals surface area contributed by atoms with Crippen molar-refractivity contribution < 1.29 is 14.3 Å². The molecule has 27 heavy (non-hydrogen) atoms. The van der Waals surface area contributed by atoms with Crippen LogP contribution in [0.2, 0.25) is 5.02 Å². The topological polar surface area (TPSA) is 73.6 Å². The summed E-state index contributed by atoms with van der Waals surface area (Å²) in [5.41, 5.74) is 7.95. The Hall–Kier alpha value is -2.11. The fraction of sp³-hybridized carbons (Fsp3) is 0.350. The smallest absolute Gasteiger partial charge is 0.251 e. The quantitative estimate of drug-likeness (QED) is 0.594. The predicted octanol–water partition coefficient (Wildman–Crippen LogP) is 4.50. The number of benzene rings is 2. The van der Waals surface area contributed by atoms with Crippen LogP contribution in [-0.4, -0.2) is 25.7 Å². The zero-order valence-electron chi connectivity index (χ0n) is 15.6. The number of halogens is 2. The molecule has 0 aromatic heterocycles. The molecule has 0 fully saturated rings. The number of nitrogen functional groups attached to an aromatic ring is 1. The molecule has 0 atom stereocenters. The number of carbonyl (C=O) groups is 1. The van der Waals surface area contributed by atoms with E-state index in [1.165, 1.54) is 0 Å². The lowest BCUT2D eigenvalue weighted by atomic mass is 10.1. The van der Waals surface area contributed by atoms with Crippen molar-refractivity contribution in [3.05, 3.63) is 52.5 Å². The Morgan fingerprint density at radius 3 is 2.48 bits per heavy atom. The van der Waals surface area contributed by atoms with Gasteiger partial charge in [-0.1, -0.05) is 30.7 Å². The van der Waals surface area contributed by atoms with Gasteiger partial charge in [0.05, 0.1) is 18.2 Å². The van der Waals surface area contributed by atoms with E-state index in [9.17, 15) is 4.79 Å². The second kappa shape index (κ2) is 11.6. The van der Waals surface area contributed by atoms with Gasteiger partial charge < -0.3 is 20.5 Å². The van der Waals surface area contributed by atoms with Gasteiger partial charge in [0, 0.05) is 17.8 Å². The van der Waals surface area contributed by atoms with Crippen molar-refractivity contribution in [3.8, 4) is 11.5 Å². The molecular weight excluding hydrogens is 387 g/mol. The first-order chi connectivity index (χ1) is 12.5. The molecule has 7 heteroatoms. The van der Waals surface area contributed by atoms with E-state index in [-0.39, 0.29) is 18.3 Å². The van der Waals surface area contributed by atoms with Crippen LogP contribution in [0.25, 0.3) is 0 Å². The maximum atomic E-state index is 12.4. The van der Waals surface area contributed by atoms with Gasteiger partial charge in [0.25, 0.3) is 5.91 Å². The Kier molecular flexibility index (Phi) is 9.83. The first-order valence-corrected chi connectivity index (χ1v) is 9.14. The highest BCUT2D eigenvalue weighted by molar-refractivity contribution is 6.32. The summed E-state index contributed by atoms with van der Waals surface area (Å²) in [6.07, 6.45) is 1.57. The number of anilines is 1. The molecule has 0 radical (unpaired) electrons. The Morgan fingerprint density at radius 1 is 1.15 bits per heavy atom. The second-order valence-electron chi connectivity index (χ2n) is 5.81. The van der Waals surface area contributed by atoms with Crippen LogP contribution >= 0.6 is 24.0 Å². The third-order valence-corrected chi connectivity index (χ3v) is 3.98. The minimum Gasteiger partial charge on any atom is -0.490 e. The van der Waals surface area contributed by atoms with E-state index in [0.717, 1.165) is 24.1 Å². The normalized spacial score (nSPS) is 10.0. The van der Waals surface area contributed by atoms with Crippen LogP contribution in [0.3, 0.4) is 0 Å². The van der Waals surface area contributed by atoms with Gasteiger partial charge in [-0.3, -0.25) is 4.79 Å². The fourth-order valence-electron chi connectivity index (χ4n) is 2.41. The molecular formula is C20H26Cl2N2O3. The third-order valence-electron chi connectivity index (χ3n) is 3.70. The van der Waals surface area contributed by atoms with E-state index < -0.39 is 0 Å². The summed E-state index contributed by atoms with van der Waals surface area (Å²) in [7, 11) is 0. The molecule has 2 aromatic carbocycles. The van der Waals surface area contributed by atoms with E-state index in [4.69, 9.17) is 26.8 Å². The molecule has 0 spiro atoms. The van der Waals surface area contributed by atoms with Gasteiger partial charge in [0.1, 0.15) is 0 Å². The Morgan fingerprint density at radius 2 is 1.85 bits per heavy atom. The minimum atomic E-state index is -0.203. The molecule has 0 aliphatic carbocycles. The molecule has 148 valence electrons. The van der Waals surface area contributed by atoms with Crippen LogP contribution < -0.4 is 20.5 Å². The molecule has 0 aliphatic heterocycles. The van der Waals surface area contributed by atoms with Crippen LogP contribution in [0, 0.1) is 0 Å². The number of ether oxygens (including phenoxy) is 2. The Labute approximate surface area is 171 Å². The van der Waals surface area contributed by atoms with Gasteiger partial charge in [-0.25, -0.2) is 0 Å². The maximum Gasteiger partial charge on any atom is 0.251 e. The summed E-state index contributed by atoms with van der Waals surface area (Å²) in [6.45, 7) is 5.39. The SMILES string of the molecule is CCCOc1c(Cl)cc(C(=O)NCCc2ccc(N)cc2)cc1OCC.Cl. The van der Waals surface area contributed by atoms with E-state index in [1.54, 1.807) is 12.1 Å². The van der Waals surface area contributed by atoms with Gasteiger partial charge in [-0.15, -0.1) is 12.4 Å². The van der Waals surface area contributed by atoms with Crippen LogP contribution in [0.4, 0.5) is 5.69 Å². The van der Waals surface area contributed by atoms with Crippen LogP contribution in [0.15, 0.2) is 36.4 Å². The summed E-state index contributed by atoms with van der Waals surface area (Å²) in [4.78, 5) is 12.4. The summed E-state index contributed by atoms with van der Waals surface area (Å²) < 4.78 is 11.2. The van der Waals surface area contributed by atoms with Crippen molar-refractivity contribution in [3.63, 3.8) is 0 Å². The van der Waals surface area contributed by atoms with Gasteiger partial charge in [0.15, 0.2) is 11.5 Å². The van der Waals surface area contributed by atoms with Crippen molar-refractivity contribution in [2.45, 2.75) is 26.7 Å². The van der Waals surface area contributed by atoms with Crippen LogP contribution in [0.1, 0.15) is 36.2 Å². The van der Waals surface area contributed by atoms with E-state index in [2.05, 4.69) is 5.32 Å². The minimum absolute atomic E-state index is 0. The average Bonchev–Trinajstić information content (AvgIpc) is 2.62. The van der Waals surface area contributed by atoms with Crippen molar-refractivity contribution in [1.29, 1.82) is 0 Å². The second-order valence-corrected chi connectivity index (χ2v) is 6.22. The molecule has 2 rings (SSSR count). The lowest BCUT2D eigenvalue weighted by Gasteiger charge is -2.15. The Bertz CT molecular complexity index is 737. The van der Waals surface area contributed by atoms with Crippen LogP contribution in [0.5, 0.6) is 11.5 Å². The number of carbonyl (C=O) groups excluding carboxylic acids is 1. The van der Waals surface area contributed by atoms with Gasteiger partial charge in [-0.05, 0) is 49.6 Å². The molecule has 0 heterocycles. The first kappa shape index (κ1) is 22.9. The monoisotopic (exact) mass is 412 g/mol. The zero-order valence-corrected chi connectivity index (χ0v) is 17.2. The first-order valence-electron chi connectivity index (χ1n) is 8.76. The highest BCUT2D eigenvalue weighted by Gasteiger charge is 2.16. The molecule has 0 saturated carbocycles. The third kappa shape index (κ3) is 6.85. The number of rotatable bonds is 9. The largest absolute Gasteiger partial charge is 0.490 e. The molecule has 0 saturated heterocycles. The highest BCUT2D eigenvalue weighted by Crippen LogP contribution is 2.36. The van der Waals surface area contributed by atoms with Crippen molar-refractivity contribution >= 4 is 35.6 Å². The number of hydrogen-bond donors (Lipinski definition) is 2. The lowest BCUT2D eigenvalue weighted by molar-refractivity contribution is 0.0953. The molecule has 1 amide bonds. The molecule has 0 bridgehead atoms. The molecule has 0 aliphatic rings. The zero-order chi connectivity index (χ0) is 18.9. The number of hydrogen-bond acceptors (Lipinski definition) is 4. The molecule has 5 nitrogen and oxygen atoms in total. The standard InChI is InChI=1S/C20H25ClN2O3.ClH/c1-3-11-26-19-17(21)12-15(13-18(19)25-4-2)20(24)23-10-9-14-5-7-16(22)8-6-14;/h5-8,12-13H,3-4,9-11,22H2,1-2H3,(H,23,24);1H. The summed E-state index contributed by atoms with van der Waals surface area (Å²) in [5, 5.41) is 3.26. The Balaban J connectivity index is 0.00000364. The fourth-order valence-corrected chi connectivity index (χ4v) is 2.68. The van der Waals surface area contributed by atoms with E-state index in [1.807, 2.05) is 38.1 Å². The van der Waals surface area contributed by atoms with E-state index in [0.29, 0.717) is 41.8 Å². The van der Waals surface area contributed by atoms with Crippen molar-refractivity contribution in [1.82, 2.24) is 5.32 Å². The number of amides is 1. The lowest BCUT2D eigenvalue weighted by Crippen LogP contribution is -2.25. The predicted molar refractivity (Wildman–Crippen MR) is 113 cm³/mol. The average molecular weight is 413 g/mol. The molecule has 2 aromatic rings. The highest BCUT2D eigenvalue weighted by atomic mass is 35.5. The van der Waals surface area contributed by atoms with Crippen molar-refractivity contribution in [2.24, 2.45) is 0 Å². The number of nitrogens with two attached hydrogens (primary N) is 1. The van der Waals surface area contributed by atoms with Crippen molar-refractivity contribution in [2.75, 3.05) is 25.5 Å². The van der Waals surface area contributed by atoms with Crippen LogP contribution in [-0.2, 0) is 6.42 Å². The van der Waals surface area contributed by atoms with Gasteiger partial charge in [0.2, 0.25) is 0 Å². The summed E-state index contributed by atoms with van der Waals surface area (Å²) in [6, 6.07) is 10.9. The summed E-state index contributed by atoms with van der Waals surface area (Å²) in [5.74, 6) is 0.760. The van der Waals surface area contributed by atoms with Gasteiger partial charge in [-0.2, -0.15) is 0 Å². The molecule has 3 N–H and O–H groups in total. The summed E-state index contributed by atoms with van der Waals surface area (Å²) >= 11 is 6.30.